The molecule has 3 rings (SSSR count). The maximum Gasteiger partial charge on any atom is 0.341 e. The first-order valence-corrected chi connectivity index (χ1v) is 9.26. The summed E-state index contributed by atoms with van der Waals surface area (Å²) in [4.78, 5) is 24.2. The Labute approximate surface area is 173 Å². The zero-order valence-corrected chi connectivity index (χ0v) is 16.5. The van der Waals surface area contributed by atoms with E-state index in [-0.39, 0.29) is 35.8 Å². The Kier molecular flexibility index (Phi) is 6.87. The number of carbonyl (C=O) groups excluding carboxylic acids is 2. The molecule has 0 saturated carbocycles. The van der Waals surface area contributed by atoms with E-state index in [2.05, 4.69) is 0 Å². The monoisotopic (exact) mass is 410 g/mol. The van der Waals surface area contributed by atoms with E-state index in [1.165, 1.54) is 19.2 Å². The Morgan fingerprint density at radius 1 is 0.724 bits per heavy atom. The fraction of sp³-hybridized carbons (Fsp3) is 0.130. The van der Waals surface area contributed by atoms with E-state index in [9.17, 15) is 9.59 Å². The van der Waals surface area contributed by atoms with Crippen LogP contribution in [0.2, 0.25) is 0 Å². The zero-order valence-electron chi connectivity index (χ0n) is 15.8. The van der Waals surface area contributed by atoms with E-state index in [0.717, 1.165) is 11.1 Å². The van der Waals surface area contributed by atoms with Gasteiger partial charge in [-0.05, 0) is 34.9 Å². The minimum absolute atomic E-state index is 0.104. The normalized spacial score (nSPS) is 10.3. The third-order valence-corrected chi connectivity index (χ3v) is 4.38. The lowest BCUT2D eigenvalue weighted by Gasteiger charge is -2.18. The number of hydrogen-bond acceptors (Lipinski definition) is 5. The highest BCUT2D eigenvalue weighted by Crippen LogP contribution is 2.37. The molecule has 0 bridgehead atoms. The average Bonchev–Trinajstić information content (AvgIpc) is 2.76. The van der Waals surface area contributed by atoms with Crippen LogP contribution in [0.25, 0.3) is 0 Å². The molecule has 0 aliphatic heterocycles. The van der Waals surface area contributed by atoms with Gasteiger partial charge in [-0.2, -0.15) is 0 Å². The highest BCUT2D eigenvalue weighted by atomic mass is 35.5. The number of halogens is 1. The van der Waals surface area contributed by atoms with E-state index >= 15 is 0 Å². The molecule has 0 unspecified atom stereocenters. The van der Waals surface area contributed by atoms with Gasteiger partial charge in [0.25, 0.3) is 5.24 Å². The van der Waals surface area contributed by atoms with E-state index in [4.69, 9.17) is 25.8 Å². The van der Waals surface area contributed by atoms with Crippen LogP contribution < -0.4 is 9.47 Å². The topological polar surface area (TPSA) is 61.8 Å². The van der Waals surface area contributed by atoms with Crippen molar-refractivity contribution in [3.63, 3.8) is 0 Å². The Balaban J connectivity index is 2.00. The number of hydrogen-bond donors (Lipinski definition) is 0. The average molecular weight is 411 g/mol. The molecule has 0 radical (unpaired) electrons. The first-order chi connectivity index (χ1) is 14.1. The van der Waals surface area contributed by atoms with Crippen LogP contribution in [0.15, 0.2) is 72.8 Å². The van der Waals surface area contributed by atoms with Crippen molar-refractivity contribution in [2.75, 3.05) is 7.11 Å². The molecule has 6 heteroatoms. The number of ether oxygens (including phenoxy) is 3. The molecule has 0 atom stereocenters. The predicted molar refractivity (Wildman–Crippen MR) is 110 cm³/mol. The van der Waals surface area contributed by atoms with E-state index in [1.54, 1.807) is 0 Å². The summed E-state index contributed by atoms with van der Waals surface area (Å²) in [6.07, 6.45) is 0. The molecule has 3 aromatic rings. The fourth-order valence-corrected chi connectivity index (χ4v) is 2.88. The second-order valence-electron chi connectivity index (χ2n) is 6.13. The minimum Gasteiger partial charge on any atom is -0.484 e. The minimum atomic E-state index is -0.714. The lowest BCUT2D eigenvalue weighted by Crippen LogP contribution is -2.10. The summed E-state index contributed by atoms with van der Waals surface area (Å²) < 4.78 is 16.7. The molecule has 3 aromatic carbocycles. The fourth-order valence-electron chi connectivity index (χ4n) is 2.73. The van der Waals surface area contributed by atoms with Gasteiger partial charge in [0.05, 0.1) is 12.7 Å². The molecule has 0 amide bonds. The number of esters is 1. The van der Waals surface area contributed by atoms with Crippen LogP contribution >= 0.6 is 11.6 Å². The molecule has 0 saturated heterocycles. The Morgan fingerprint density at radius 3 is 1.62 bits per heavy atom. The van der Waals surface area contributed by atoms with Crippen molar-refractivity contribution in [2.24, 2.45) is 0 Å². The van der Waals surface area contributed by atoms with Gasteiger partial charge in [0.2, 0.25) is 0 Å². The van der Waals surface area contributed by atoms with Crippen molar-refractivity contribution in [1.82, 2.24) is 0 Å². The van der Waals surface area contributed by atoms with Gasteiger partial charge in [-0.1, -0.05) is 60.7 Å². The summed E-state index contributed by atoms with van der Waals surface area (Å²) >= 11 is 5.75. The van der Waals surface area contributed by atoms with E-state index in [1.807, 2.05) is 60.7 Å². The molecule has 148 valence electrons. The van der Waals surface area contributed by atoms with Gasteiger partial charge in [0, 0.05) is 0 Å². The molecule has 0 aliphatic rings. The maximum atomic E-state index is 12.3. The largest absolute Gasteiger partial charge is 0.484 e. The highest BCUT2D eigenvalue weighted by molar-refractivity contribution is 6.68. The van der Waals surface area contributed by atoms with Crippen LogP contribution in [0, 0.1) is 0 Å². The van der Waals surface area contributed by atoms with Crippen molar-refractivity contribution < 1.29 is 23.8 Å². The molecule has 0 N–H and O–H groups in total. The van der Waals surface area contributed by atoms with Crippen LogP contribution in [0.4, 0.5) is 0 Å². The van der Waals surface area contributed by atoms with Crippen molar-refractivity contribution in [2.45, 2.75) is 13.2 Å². The van der Waals surface area contributed by atoms with Gasteiger partial charge in [0.15, 0.2) is 11.5 Å². The number of carbonyl (C=O) groups is 2. The smallest absolute Gasteiger partial charge is 0.341 e. The standard InChI is InChI=1S/C23H19ClO5/c1-27-23(26)19-13-12-18(22(24)25)20(28-14-16-8-4-2-5-9-16)21(19)29-15-17-10-6-3-7-11-17/h2-13H,14-15H2,1H3. The van der Waals surface area contributed by atoms with Crippen LogP contribution in [0.1, 0.15) is 31.8 Å². The van der Waals surface area contributed by atoms with Gasteiger partial charge in [-0.3, -0.25) is 4.79 Å². The Morgan fingerprint density at radius 2 is 1.17 bits per heavy atom. The quantitative estimate of drug-likeness (QED) is 0.386. The second kappa shape index (κ2) is 9.75. The van der Waals surface area contributed by atoms with Crippen LogP contribution in [0.3, 0.4) is 0 Å². The van der Waals surface area contributed by atoms with Gasteiger partial charge in [0.1, 0.15) is 18.8 Å². The van der Waals surface area contributed by atoms with Crippen LogP contribution in [-0.4, -0.2) is 18.3 Å². The molecule has 0 aromatic heterocycles. The molecule has 29 heavy (non-hydrogen) atoms. The molecule has 0 fully saturated rings. The van der Waals surface area contributed by atoms with E-state index < -0.39 is 11.2 Å². The Bertz CT molecular complexity index is 987. The predicted octanol–water partition coefficient (Wildman–Crippen LogP) is 5.01. The van der Waals surface area contributed by atoms with Crippen LogP contribution in [0.5, 0.6) is 11.5 Å². The molecular weight excluding hydrogens is 392 g/mol. The summed E-state index contributed by atoms with van der Waals surface area (Å²) in [5.74, 6) is -0.387. The van der Waals surface area contributed by atoms with E-state index in [0.29, 0.717) is 0 Å². The number of benzene rings is 3. The van der Waals surface area contributed by atoms with Crippen molar-refractivity contribution in [1.29, 1.82) is 0 Å². The summed E-state index contributed by atoms with van der Waals surface area (Å²) in [6, 6.07) is 21.7. The molecule has 0 spiro atoms. The third kappa shape index (κ3) is 5.15. The van der Waals surface area contributed by atoms with Crippen molar-refractivity contribution in [3.05, 3.63) is 95.1 Å². The van der Waals surface area contributed by atoms with Crippen molar-refractivity contribution in [3.8, 4) is 11.5 Å². The molecule has 0 aliphatic carbocycles. The first kappa shape index (κ1) is 20.4. The summed E-state index contributed by atoms with van der Waals surface area (Å²) in [6.45, 7) is 0.344. The van der Waals surface area contributed by atoms with Gasteiger partial charge >= 0.3 is 5.97 Å². The van der Waals surface area contributed by atoms with Gasteiger partial charge < -0.3 is 14.2 Å². The number of methoxy groups -OCH3 is 1. The molecule has 0 heterocycles. The first-order valence-electron chi connectivity index (χ1n) is 8.88. The summed E-state index contributed by atoms with van der Waals surface area (Å²) in [5, 5.41) is -0.714. The highest BCUT2D eigenvalue weighted by Gasteiger charge is 2.24. The lowest BCUT2D eigenvalue weighted by molar-refractivity contribution is 0.0594. The Hall–Kier alpha value is -3.31. The summed E-state index contributed by atoms with van der Waals surface area (Å²) in [5.41, 5.74) is 2.03. The third-order valence-electron chi connectivity index (χ3n) is 4.18. The van der Waals surface area contributed by atoms with Crippen molar-refractivity contribution >= 4 is 22.8 Å². The maximum absolute atomic E-state index is 12.3. The SMILES string of the molecule is COC(=O)c1ccc(C(=O)Cl)c(OCc2ccccc2)c1OCc1ccccc1. The van der Waals surface area contributed by atoms with Gasteiger partial charge in [-0.15, -0.1) is 0 Å². The summed E-state index contributed by atoms with van der Waals surface area (Å²) in [7, 11) is 1.27. The molecule has 5 nitrogen and oxygen atoms in total. The molecular formula is C23H19ClO5. The number of rotatable bonds is 8. The lowest BCUT2D eigenvalue weighted by atomic mass is 10.1. The zero-order chi connectivity index (χ0) is 20.6. The second-order valence-corrected chi connectivity index (χ2v) is 6.48. The van der Waals surface area contributed by atoms with Gasteiger partial charge in [-0.25, -0.2) is 4.79 Å². The van der Waals surface area contributed by atoms with Crippen LogP contribution in [-0.2, 0) is 18.0 Å².